The summed E-state index contributed by atoms with van der Waals surface area (Å²) < 4.78 is 15.5. The van der Waals surface area contributed by atoms with Gasteiger partial charge in [-0.25, -0.2) is 4.79 Å². The molecule has 0 unspecified atom stereocenters. The van der Waals surface area contributed by atoms with E-state index in [-0.39, 0.29) is 17.1 Å². The number of hydrogen-bond donors (Lipinski definition) is 2. The summed E-state index contributed by atoms with van der Waals surface area (Å²) in [6.45, 7) is 1.11. The van der Waals surface area contributed by atoms with Crippen LogP contribution in [0.4, 0.5) is 0 Å². The fourth-order valence-electron chi connectivity index (χ4n) is 2.65. The van der Waals surface area contributed by atoms with E-state index in [4.69, 9.17) is 25.5 Å². The Kier molecular flexibility index (Phi) is 6.04. The summed E-state index contributed by atoms with van der Waals surface area (Å²) in [6.07, 6.45) is 0. The molecule has 0 fully saturated rings. The number of para-hydroxylation sites is 1. The first-order valence-corrected chi connectivity index (χ1v) is 8.86. The second-order valence-corrected chi connectivity index (χ2v) is 6.41. The molecule has 0 bridgehead atoms. The number of carbonyl (C=O) groups excluding carboxylic acids is 3. The minimum Gasteiger partial charge on any atom is -0.496 e. The van der Waals surface area contributed by atoms with E-state index in [0.717, 1.165) is 5.39 Å². The average molecular weight is 417 g/mol. The third-order valence-corrected chi connectivity index (χ3v) is 4.32. The van der Waals surface area contributed by atoms with Gasteiger partial charge in [0.05, 0.1) is 12.7 Å². The highest BCUT2D eigenvalue weighted by molar-refractivity contribution is 6.31. The van der Waals surface area contributed by atoms with Crippen LogP contribution in [0, 0.1) is 6.92 Å². The molecule has 0 atom stereocenters. The predicted octanol–water partition coefficient (Wildman–Crippen LogP) is 3.02. The second-order valence-electron chi connectivity index (χ2n) is 5.98. The van der Waals surface area contributed by atoms with Crippen molar-refractivity contribution in [3.8, 4) is 5.75 Å². The number of carbonyl (C=O) groups is 3. The van der Waals surface area contributed by atoms with Gasteiger partial charge in [-0.1, -0.05) is 29.8 Å². The zero-order chi connectivity index (χ0) is 21.0. The van der Waals surface area contributed by atoms with E-state index >= 15 is 0 Å². The number of halogens is 1. The van der Waals surface area contributed by atoms with Crippen LogP contribution in [0.5, 0.6) is 5.75 Å². The number of nitrogens with one attached hydrogen (secondary N) is 2. The van der Waals surface area contributed by atoms with Gasteiger partial charge in [-0.15, -0.1) is 0 Å². The van der Waals surface area contributed by atoms with Gasteiger partial charge in [0.1, 0.15) is 11.3 Å². The molecule has 2 aromatic carbocycles. The summed E-state index contributed by atoms with van der Waals surface area (Å²) in [4.78, 5) is 36.3. The van der Waals surface area contributed by atoms with E-state index in [1.54, 1.807) is 25.1 Å². The Bertz CT molecular complexity index is 1090. The molecule has 2 N–H and O–H groups in total. The van der Waals surface area contributed by atoms with E-state index in [1.165, 1.54) is 19.2 Å². The monoisotopic (exact) mass is 416 g/mol. The molecular weight excluding hydrogens is 400 g/mol. The summed E-state index contributed by atoms with van der Waals surface area (Å²) in [7, 11) is 1.40. The molecule has 150 valence electrons. The summed E-state index contributed by atoms with van der Waals surface area (Å²) in [5, 5.41) is 1.11. The molecule has 29 heavy (non-hydrogen) atoms. The number of benzene rings is 2. The van der Waals surface area contributed by atoms with E-state index < -0.39 is 24.4 Å². The molecule has 9 heteroatoms. The molecule has 2 amide bonds. The van der Waals surface area contributed by atoms with Crippen molar-refractivity contribution in [3.63, 3.8) is 0 Å². The molecule has 0 aliphatic carbocycles. The first-order valence-electron chi connectivity index (χ1n) is 8.48. The number of methoxy groups -OCH3 is 1. The van der Waals surface area contributed by atoms with Crippen molar-refractivity contribution < 1.29 is 28.3 Å². The Hall–Kier alpha value is -3.52. The third kappa shape index (κ3) is 4.49. The largest absolute Gasteiger partial charge is 0.496 e. The van der Waals surface area contributed by atoms with Crippen molar-refractivity contribution in [2.75, 3.05) is 13.7 Å². The standard InChI is InChI=1S/C20H17ClN2O6/c1-11-13-5-3-4-6-16(13)29-18(11)20(26)28-10-17(24)22-23-19(25)14-9-12(21)7-8-15(14)27-2/h3-9H,10H2,1-2H3,(H,22,24)(H,23,25). The minimum absolute atomic E-state index is 0.0201. The van der Waals surface area contributed by atoms with Crippen LogP contribution in [0.25, 0.3) is 11.0 Å². The van der Waals surface area contributed by atoms with Gasteiger partial charge >= 0.3 is 5.97 Å². The van der Waals surface area contributed by atoms with Gasteiger partial charge in [0.2, 0.25) is 5.76 Å². The van der Waals surface area contributed by atoms with Gasteiger partial charge in [0.15, 0.2) is 6.61 Å². The fraction of sp³-hybridized carbons (Fsp3) is 0.150. The zero-order valence-electron chi connectivity index (χ0n) is 15.6. The number of rotatable bonds is 5. The van der Waals surface area contributed by atoms with Crippen LogP contribution >= 0.6 is 11.6 Å². The van der Waals surface area contributed by atoms with Gasteiger partial charge in [-0.2, -0.15) is 0 Å². The molecule has 0 spiro atoms. The van der Waals surface area contributed by atoms with Gasteiger partial charge < -0.3 is 13.9 Å². The number of fused-ring (bicyclic) bond motifs is 1. The van der Waals surface area contributed by atoms with Crippen LogP contribution in [-0.2, 0) is 9.53 Å². The topological polar surface area (TPSA) is 107 Å². The predicted molar refractivity (Wildman–Crippen MR) is 105 cm³/mol. The number of aryl methyl sites for hydroxylation is 1. The summed E-state index contributed by atoms with van der Waals surface area (Å²) >= 11 is 5.88. The van der Waals surface area contributed by atoms with E-state index in [2.05, 4.69) is 10.9 Å². The quantitative estimate of drug-likeness (QED) is 0.489. The van der Waals surface area contributed by atoms with Crippen LogP contribution < -0.4 is 15.6 Å². The molecule has 0 saturated heterocycles. The van der Waals surface area contributed by atoms with Crippen LogP contribution in [0.3, 0.4) is 0 Å². The number of amides is 2. The van der Waals surface area contributed by atoms with E-state index in [9.17, 15) is 14.4 Å². The Labute approximate surface area is 170 Å². The van der Waals surface area contributed by atoms with Gasteiger partial charge in [-0.3, -0.25) is 20.4 Å². The fourth-order valence-corrected chi connectivity index (χ4v) is 2.83. The van der Waals surface area contributed by atoms with Crippen LogP contribution in [0.15, 0.2) is 46.9 Å². The molecule has 0 aliphatic rings. The van der Waals surface area contributed by atoms with Crippen molar-refractivity contribution >= 4 is 40.4 Å². The number of furan rings is 1. The van der Waals surface area contributed by atoms with E-state index in [0.29, 0.717) is 16.2 Å². The highest BCUT2D eigenvalue weighted by Gasteiger charge is 2.20. The number of hydrazine groups is 1. The third-order valence-electron chi connectivity index (χ3n) is 4.09. The van der Waals surface area contributed by atoms with Crippen LogP contribution in [0.2, 0.25) is 5.02 Å². The molecule has 3 rings (SSSR count). The Morgan fingerprint density at radius 2 is 1.86 bits per heavy atom. The second kappa shape index (κ2) is 8.66. The SMILES string of the molecule is COc1ccc(Cl)cc1C(=O)NNC(=O)COC(=O)c1oc2ccccc2c1C. The smallest absolute Gasteiger partial charge is 0.375 e. The number of ether oxygens (including phenoxy) is 2. The lowest BCUT2D eigenvalue weighted by molar-refractivity contribution is -0.125. The van der Waals surface area contributed by atoms with Crippen molar-refractivity contribution in [1.29, 1.82) is 0 Å². The maximum Gasteiger partial charge on any atom is 0.375 e. The van der Waals surface area contributed by atoms with Gasteiger partial charge in [-0.05, 0) is 31.2 Å². The number of hydrogen-bond acceptors (Lipinski definition) is 6. The van der Waals surface area contributed by atoms with Crippen molar-refractivity contribution in [1.82, 2.24) is 10.9 Å². The first kappa shape index (κ1) is 20.2. The average Bonchev–Trinajstić information content (AvgIpc) is 3.07. The van der Waals surface area contributed by atoms with Crippen molar-refractivity contribution in [2.45, 2.75) is 6.92 Å². The Morgan fingerprint density at radius 1 is 1.10 bits per heavy atom. The van der Waals surface area contributed by atoms with Crippen LogP contribution in [0.1, 0.15) is 26.5 Å². The van der Waals surface area contributed by atoms with E-state index in [1.807, 2.05) is 12.1 Å². The number of esters is 1. The maximum atomic E-state index is 12.2. The minimum atomic E-state index is -0.781. The molecular formula is C20H17ClN2O6. The highest BCUT2D eigenvalue weighted by atomic mass is 35.5. The molecule has 0 radical (unpaired) electrons. The Balaban J connectivity index is 1.56. The lowest BCUT2D eigenvalue weighted by Gasteiger charge is -2.10. The molecule has 8 nitrogen and oxygen atoms in total. The lowest BCUT2D eigenvalue weighted by Crippen LogP contribution is -2.43. The molecule has 1 heterocycles. The molecule has 3 aromatic rings. The normalized spacial score (nSPS) is 10.4. The zero-order valence-corrected chi connectivity index (χ0v) is 16.3. The summed E-state index contributed by atoms with van der Waals surface area (Å²) in [5.74, 6) is -1.85. The first-order chi connectivity index (χ1) is 13.9. The molecule has 1 aromatic heterocycles. The Morgan fingerprint density at radius 3 is 2.59 bits per heavy atom. The highest BCUT2D eigenvalue weighted by Crippen LogP contribution is 2.25. The maximum absolute atomic E-state index is 12.2. The summed E-state index contributed by atoms with van der Waals surface area (Å²) in [5.41, 5.74) is 5.66. The van der Waals surface area contributed by atoms with Crippen LogP contribution in [-0.4, -0.2) is 31.5 Å². The van der Waals surface area contributed by atoms with Crippen molar-refractivity contribution in [3.05, 3.63) is 64.4 Å². The molecule has 0 aliphatic heterocycles. The lowest BCUT2D eigenvalue weighted by atomic mass is 10.1. The van der Waals surface area contributed by atoms with Gasteiger partial charge in [0, 0.05) is 16.0 Å². The summed E-state index contributed by atoms with van der Waals surface area (Å²) in [6, 6.07) is 11.6. The van der Waals surface area contributed by atoms with Crippen molar-refractivity contribution in [2.24, 2.45) is 0 Å². The van der Waals surface area contributed by atoms with Gasteiger partial charge in [0.25, 0.3) is 11.8 Å². The molecule has 0 saturated carbocycles.